The first-order valence-corrected chi connectivity index (χ1v) is 4.73. The zero-order valence-corrected chi connectivity index (χ0v) is 8.94. The Morgan fingerprint density at radius 1 is 1.46 bits per heavy atom. The monoisotopic (exact) mass is 190 g/mol. The van der Waals surface area contributed by atoms with E-state index in [1.807, 2.05) is 25.1 Å². The van der Waals surface area contributed by atoms with Gasteiger partial charge < -0.3 is 0 Å². The van der Waals surface area contributed by atoms with Crippen molar-refractivity contribution in [3.8, 4) is 0 Å². The first-order chi connectivity index (χ1) is 6.20. The number of aryl methyl sites for hydroxylation is 1. The molecule has 0 heterocycles. The molecule has 0 aliphatic carbocycles. The summed E-state index contributed by atoms with van der Waals surface area (Å²) >= 11 is 4.43. The van der Waals surface area contributed by atoms with Gasteiger partial charge in [-0.15, -0.1) is 12.6 Å². The quantitative estimate of drug-likeness (QED) is 0.531. The third-order valence-corrected chi connectivity index (χ3v) is 2.44. The number of hydrogen-bond donors (Lipinski definition) is 1. The van der Waals surface area contributed by atoms with Gasteiger partial charge in [0, 0.05) is 4.90 Å². The van der Waals surface area contributed by atoms with E-state index in [9.17, 15) is 0 Å². The molecule has 0 aliphatic rings. The van der Waals surface area contributed by atoms with E-state index in [4.69, 9.17) is 0 Å². The van der Waals surface area contributed by atoms with Crippen LogP contribution in [-0.4, -0.2) is 0 Å². The minimum Gasteiger partial charge on any atom is -0.143 e. The van der Waals surface area contributed by atoms with Crippen LogP contribution in [-0.2, 0) is 0 Å². The van der Waals surface area contributed by atoms with Crippen molar-refractivity contribution in [3.05, 3.63) is 48.1 Å². The Morgan fingerprint density at radius 2 is 2.15 bits per heavy atom. The topological polar surface area (TPSA) is 0 Å². The Kier molecular flexibility index (Phi) is 3.38. The summed E-state index contributed by atoms with van der Waals surface area (Å²) in [7, 11) is 0. The summed E-state index contributed by atoms with van der Waals surface area (Å²) in [6, 6.07) is 6.10. The zero-order chi connectivity index (χ0) is 9.84. The molecule has 0 fully saturated rings. The van der Waals surface area contributed by atoms with Gasteiger partial charge in [0.1, 0.15) is 0 Å². The Bertz CT molecular complexity index is 328. The standard InChI is InChI=1S/C12H14S/c1-4-10(5-2)12-9(3)7-6-8-11(12)13/h4-8,13H,1H2,2-3H3/b10-5-. The predicted molar refractivity (Wildman–Crippen MR) is 62.3 cm³/mol. The maximum absolute atomic E-state index is 4.43. The van der Waals surface area contributed by atoms with Crippen molar-refractivity contribution in [1.82, 2.24) is 0 Å². The molecule has 0 nitrogen and oxygen atoms in total. The average Bonchev–Trinajstić information content (AvgIpc) is 2.11. The fourth-order valence-corrected chi connectivity index (χ4v) is 1.78. The van der Waals surface area contributed by atoms with E-state index in [0.29, 0.717) is 0 Å². The third-order valence-electron chi connectivity index (χ3n) is 2.07. The molecule has 0 amide bonds. The second-order valence-corrected chi connectivity index (χ2v) is 3.40. The lowest BCUT2D eigenvalue weighted by Crippen LogP contribution is -1.87. The first-order valence-electron chi connectivity index (χ1n) is 4.28. The maximum atomic E-state index is 4.43. The molecule has 0 saturated carbocycles. The molecular formula is C12H14S. The van der Waals surface area contributed by atoms with Crippen LogP contribution >= 0.6 is 12.6 Å². The first kappa shape index (κ1) is 10.1. The molecule has 0 bridgehead atoms. The van der Waals surface area contributed by atoms with E-state index in [-0.39, 0.29) is 0 Å². The van der Waals surface area contributed by atoms with Crippen LogP contribution in [0.5, 0.6) is 0 Å². The molecule has 0 aliphatic heterocycles. The molecule has 1 aromatic rings. The molecule has 1 rings (SSSR count). The normalized spacial score (nSPS) is 11.5. The van der Waals surface area contributed by atoms with Crippen LogP contribution in [0.2, 0.25) is 0 Å². The minimum absolute atomic E-state index is 1.01. The SMILES string of the molecule is C=C/C(=C/C)c1c(C)cccc1S. The number of allylic oxidation sites excluding steroid dienone is 3. The molecule has 0 spiro atoms. The summed E-state index contributed by atoms with van der Waals surface area (Å²) in [6.07, 6.45) is 3.91. The van der Waals surface area contributed by atoms with Gasteiger partial charge in [-0.2, -0.15) is 0 Å². The second kappa shape index (κ2) is 4.33. The number of hydrogen-bond acceptors (Lipinski definition) is 1. The molecule has 13 heavy (non-hydrogen) atoms. The van der Waals surface area contributed by atoms with Gasteiger partial charge in [0.15, 0.2) is 0 Å². The van der Waals surface area contributed by atoms with E-state index in [1.54, 1.807) is 0 Å². The van der Waals surface area contributed by atoms with Crippen molar-refractivity contribution in [2.75, 3.05) is 0 Å². The number of benzene rings is 1. The molecule has 0 radical (unpaired) electrons. The summed E-state index contributed by atoms with van der Waals surface area (Å²) in [4.78, 5) is 1.01. The number of thiol groups is 1. The van der Waals surface area contributed by atoms with Crippen LogP contribution in [0.4, 0.5) is 0 Å². The Morgan fingerprint density at radius 3 is 2.62 bits per heavy atom. The van der Waals surface area contributed by atoms with Crippen LogP contribution in [0, 0.1) is 6.92 Å². The van der Waals surface area contributed by atoms with Gasteiger partial charge in [-0.25, -0.2) is 0 Å². The Labute approximate surface area is 85.4 Å². The van der Waals surface area contributed by atoms with Crippen molar-refractivity contribution < 1.29 is 0 Å². The average molecular weight is 190 g/mol. The largest absolute Gasteiger partial charge is 0.143 e. The summed E-state index contributed by atoms with van der Waals surface area (Å²) in [5.74, 6) is 0. The van der Waals surface area contributed by atoms with Crippen LogP contribution in [0.3, 0.4) is 0 Å². The molecule has 1 heteroatoms. The Hall–Kier alpha value is -0.950. The van der Waals surface area contributed by atoms with Crippen LogP contribution in [0.1, 0.15) is 18.1 Å². The van der Waals surface area contributed by atoms with E-state index >= 15 is 0 Å². The van der Waals surface area contributed by atoms with Gasteiger partial charge in [0.2, 0.25) is 0 Å². The lowest BCUT2D eigenvalue weighted by atomic mass is 10.0. The van der Waals surface area contributed by atoms with Crippen LogP contribution < -0.4 is 0 Å². The van der Waals surface area contributed by atoms with Crippen molar-refractivity contribution >= 4 is 18.2 Å². The highest BCUT2D eigenvalue weighted by atomic mass is 32.1. The maximum Gasteiger partial charge on any atom is 0.0121 e. The number of rotatable bonds is 2. The lowest BCUT2D eigenvalue weighted by molar-refractivity contribution is 1.32. The molecule has 1 aromatic carbocycles. The van der Waals surface area contributed by atoms with Crippen molar-refractivity contribution in [2.45, 2.75) is 18.7 Å². The van der Waals surface area contributed by atoms with E-state index in [2.05, 4.69) is 38.3 Å². The molecular weight excluding hydrogens is 176 g/mol. The molecule has 0 unspecified atom stereocenters. The molecule has 0 saturated heterocycles. The van der Waals surface area contributed by atoms with Crippen molar-refractivity contribution in [3.63, 3.8) is 0 Å². The van der Waals surface area contributed by atoms with Gasteiger partial charge in [-0.1, -0.05) is 30.9 Å². The fourth-order valence-electron chi connectivity index (χ4n) is 1.39. The fraction of sp³-hybridized carbons (Fsp3) is 0.167. The van der Waals surface area contributed by atoms with Crippen LogP contribution in [0.25, 0.3) is 5.57 Å². The van der Waals surface area contributed by atoms with Gasteiger partial charge >= 0.3 is 0 Å². The summed E-state index contributed by atoms with van der Waals surface area (Å²) < 4.78 is 0. The predicted octanol–water partition coefficient (Wildman–Crippen LogP) is 3.87. The summed E-state index contributed by atoms with van der Waals surface area (Å²) in [5.41, 5.74) is 3.56. The summed E-state index contributed by atoms with van der Waals surface area (Å²) in [5, 5.41) is 0. The van der Waals surface area contributed by atoms with E-state index in [1.165, 1.54) is 11.1 Å². The highest BCUT2D eigenvalue weighted by molar-refractivity contribution is 7.80. The van der Waals surface area contributed by atoms with E-state index in [0.717, 1.165) is 10.5 Å². The van der Waals surface area contributed by atoms with Gasteiger partial charge in [-0.05, 0) is 36.6 Å². The van der Waals surface area contributed by atoms with Crippen LogP contribution in [0.15, 0.2) is 41.8 Å². The zero-order valence-electron chi connectivity index (χ0n) is 8.04. The molecule has 68 valence electrons. The lowest BCUT2D eigenvalue weighted by Gasteiger charge is -2.08. The van der Waals surface area contributed by atoms with Crippen molar-refractivity contribution in [1.29, 1.82) is 0 Å². The summed E-state index contributed by atoms with van der Waals surface area (Å²) in [6.45, 7) is 7.88. The van der Waals surface area contributed by atoms with E-state index < -0.39 is 0 Å². The highest BCUT2D eigenvalue weighted by Gasteiger charge is 2.04. The third kappa shape index (κ3) is 2.04. The molecule has 0 N–H and O–H groups in total. The molecule has 0 aromatic heterocycles. The minimum atomic E-state index is 1.01. The van der Waals surface area contributed by atoms with Gasteiger partial charge in [0.05, 0.1) is 0 Å². The second-order valence-electron chi connectivity index (χ2n) is 2.92. The molecule has 0 atom stereocenters. The van der Waals surface area contributed by atoms with Gasteiger partial charge in [0.25, 0.3) is 0 Å². The van der Waals surface area contributed by atoms with Gasteiger partial charge in [-0.3, -0.25) is 0 Å². The Balaban J connectivity index is 3.35. The highest BCUT2D eigenvalue weighted by Crippen LogP contribution is 2.26. The van der Waals surface area contributed by atoms with Crippen molar-refractivity contribution in [2.24, 2.45) is 0 Å². The smallest absolute Gasteiger partial charge is 0.0121 e.